The molecule has 0 saturated heterocycles. The van der Waals surface area contributed by atoms with Gasteiger partial charge in [-0.3, -0.25) is 9.59 Å². The summed E-state index contributed by atoms with van der Waals surface area (Å²) in [6, 6.07) is 0. The molecule has 19 heavy (non-hydrogen) atoms. The lowest BCUT2D eigenvalue weighted by molar-refractivity contribution is -0.120. The molecule has 0 fully saturated rings. The van der Waals surface area contributed by atoms with E-state index in [0.29, 0.717) is 13.2 Å². The summed E-state index contributed by atoms with van der Waals surface area (Å²) in [6.07, 6.45) is 5.96. The Balaban J connectivity index is 4.51. The first-order valence-corrected chi connectivity index (χ1v) is 9.12. The third kappa shape index (κ3) is 6.45. The van der Waals surface area contributed by atoms with Crippen LogP contribution < -0.4 is 0 Å². The summed E-state index contributed by atoms with van der Waals surface area (Å²) in [7, 11) is -3.33. The molecule has 0 unspecified atom stereocenters. The highest BCUT2D eigenvalue weighted by Crippen LogP contribution is 2.13. The van der Waals surface area contributed by atoms with Gasteiger partial charge in [-0.1, -0.05) is 39.5 Å². The Morgan fingerprint density at radius 3 is 1.42 bits per heavy atom. The van der Waals surface area contributed by atoms with Crippen LogP contribution in [0.5, 0.6) is 0 Å². The lowest BCUT2D eigenvalue weighted by Gasteiger charge is -2.25. The second-order valence-electron chi connectivity index (χ2n) is 4.84. The Bertz CT molecular complexity index is 251. The summed E-state index contributed by atoms with van der Waals surface area (Å²) >= 11 is 0. The van der Waals surface area contributed by atoms with E-state index in [4.69, 9.17) is 8.85 Å². The van der Waals surface area contributed by atoms with E-state index >= 15 is 0 Å². The van der Waals surface area contributed by atoms with Gasteiger partial charge in [-0.15, -0.1) is 0 Å². The van der Waals surface area contributed by atoms with Crippen LogP contribution in [0.2, 0.25) is 0 Å². The molecule has 0 spiro atoms. The Morgan fingerprint density at radius 1 is 0.789 bits per heavy atom. The molecular formula is C14H28O4Si. The van der Waals surface area contributed by atoms with Crippen LogP contribution in [0.15, 0.2) is 0 Å². The molecule has 0 aliphatic carbocycles. The van der Waals surface area contributed by atoms with Crippen molar-refractivity contribution in [1.82, 2.24) is 0 Å². The summed E-state index contributed by atoms with van der Waals surface area (Å²) in [4.78, 5) is 23.7. The van der Waals surface area contributed by atoms with Crippen molar-refractivity contribution in [3.63, 3.8) is 0 Å². The molecule has 0 aromatic carbocycles. The van der Waals surface area contributed by atoms with Crippen molar-refractivity contribution in [2.24, 2.45) is 0 Å². The first kappa shape index (κ1) is 18.5. The summed E-state index contributed by atoms with van der Waals surface area (Å²) in [5.41, 5.74) is 0. The minimum absolute atomic E-state index is 0.229. The lowest BCUT2D eigenvalue weighted by atomic mass is 10.3. The van der Waals surface area contributed by atoms with Gasteiger partial charge < -0.3 is 8.85 Å². The molecular weight excluding hydrogens is 260 g/mol. The maximum atomic E-state index is 11.8. The second kappa shape index (κ2) is 10.3. The predicted molar refractivity (Wildman–Crippen MR) is 78.1 cm³/mol. The van der Waals surface area contributed by atoms with Gasteiger partial charge in [0.25, 0.3) is 0 Å². The summed E-state index contributed by atoms with van der Waals surface area (Å²) < 4.78 is 11.3. The number of hydrogen-bond donors (Lipinski definition) is 0. The van der Waals surface area contributed by atoms with Crippen molar-refractivity contribution < 1.29 is 18.4 Å². The number of hydrogen-bond acceptors (Lipinski definition) is 4. The molecule has 0 heterocycles. The van der Waals surface area contributed by atoms with Crippen LogP contribution in [0.3, 0.4) is 0 Å². The average Bonchev–Trinajstić information content (AvgIpc) is 2.36. The van der Waals surface area contributed by atoms with Crippen LogP contribution in [0.25, 0.3) is 0 Å². The number of carbonyl (C=O) groups excluding carboxylic acids is 2. The van der Waals surface area contributed by atoms with Crippen molar-refractivity contribution in [2.45, 2.75) is 66.2 Å². The van der Waals surface area contributed by atoms with Crippen molar-refractivity contribution in [2.75, 3.05) is 13.2 Å². The molecule has 0 aliphatic rings. The highest BCUT2D eigenvalue weighted by atomic mass is 28.4. The Morgan fingerprint density at radius 2 is 1.16 bits per heavy atom. The van der Waals surface area contributed by atoms with Gasteiger partial charge in [0.2, 0.25) is 0 Å². The largest absolute Gasteiger partial charge is 0.480 e. The molecule has 0 saturated carbocycles. The zero-order chi connectivity index (χ0) is 14.7. The maximum absolute atomic E-state index is 11.8. The van der Waals surface area contributed by atoms with Crippen LogP contribution >= 0.6 is 0 Å². The van der Waals surface area contributed by atoms with E-state index in [9.17, 15) is 9.59 Å². The van der Waals surface area contributed by atoms with Crippen LogP contribution in [-0.2, 0) is 18.4 Å². The van der Waals surface area contributed by atoms with Gasteiger partial charge in [0.05, 0.1) is 0 Å². The topological polar surface area (TPSA) is 52.6 Å². The number of unbranched alkanes of at least 4 members (excludes halogenated alkanes) is 4. The zero-order valence-corrected chi connectivity index (χ0v) is 13.8. The minimum atomic E-state index is -3.33. The fraction of sp³-hybridized carbons (Fsp3) is 0.857. The van der Waals surface area contributed by atoms with Crippen LogP contribution in [-0.4, -0.2) is 32.6 Å². The van der Waals surface area contributed by atoms with Gasteiger partial charge in [0, 0.05) is 13.2 Å². The molecule has 112 valence electrons. The van der Waals surface area contributed by atoms with Crippen molar-refractivity contribution >= 4 is 19.4 Å². The van der Waals surface area contributed by atoms with E-state index in [1.165, 1.54) is 13.8 Å². The Hall–Kier alpha value is -0.523. The van der Waals surface area contributed by atoms with Gasteiger partial charge in [-0.2, -0.15) is 0 Å². The van der Waals surface area contributed by atoms with Gasteiger partial charge in [0.15, 0.2) is 10.8 Å². The van der Waals surface area contributed by atoms with Gasteiger partial charge in [-0.05, 0) is 26.7 Å². The highest BCUT2D eigenvalue weighted by molar-refractivity contribution is 7.17. The number of rotatable bonds is 12. The molecule has 0 aromatic heterocycles. The minimum Gasteiger partial charge on any atom is -0.384 e. The molecule has 4 nitrogen and oxygen atoms in total. The quantitative estimate of drug-likeness (QED) is 0.409. The monoisotopic (exact) mass is 288 g/mol. The maximum Gasteiger partial charge on any atom is 0.480 e. The van der Waals surface area contributed by atoms with E-state index in [-0.39, 0.29) is 10.8 Å². The molecule has 0 amide bonds. The summed E-state index contributed by atoms with van der Waals surface area (Å²) in [6.45, 7) is 7.89. The highest BCUT2D eigenvalue weighted by Gasteiger charge is 2.49. The van der Waals surface area contributed by atoms with E-state index in [0.717, 1.165) is 38.5 Å². The van der Waals surface area contributed by atoms with Gasteiger partial charge in [0.1, 0.15) is 0 Å². The van der Waals surface area contributed by atoms with Gasteiger partial charge >= 0.3 is 8.56 Å². The van der Waals surface area contributed by atoms with E-state index in [2.05, 4.69) is 13.8 Å². The van der Waals surface area contributed by atoms with Crippen molar-refractivity contribution in [1.29, 1.82) is 0 Å². The molecule has 0 radical (unpaired) electrons. The molecule has 0 aliphatic heterocycles. The van der Waals surface area contributed by atoms with Crippen LogP contribution in [0.4, 0.5) is 0 Å². The van der Waals surface area contributed by atoms with E-state index in [1.807, 2.05) is 0 Å². The molecule has 0 atom stereocenters. The second-order valence-corrected chi connectivity index (χ2v) is 8.06. The lowest BCUT2D eigenvalue weighted by Crippen LogP contribution is -2.56. The van der Waals surface area contributed by atoms with Crippen molar-refractivity contribution in [3.8, 4) is 0 Å². The average molecular weight is 288 g/mol. The predicted octanol–water partition coefficient (Wildman–Crippen LogP) is 3.10. The molecule has 0 bridgehead atoms. The van der Waals surface area contributed by atoms with Crippen molar-refractivity contribution in [3.05, 3.63) is 0 Å². The first-order chi connectivity index (χ1) is 9.01. The first-order valence-electron chi connectivity index (χ1n) is 7.31. The van der Waals surface area contributed by atoms with Crippen LogP contribution in [0, 0.1) is 0 Å². The molecule has 0 aromatic rings. The fourth-order valence-corrected chi connectivity index (χ4v) is 4.09. The van der Waals surface area contributed by atoms with Crippen LogP contribution in [0.1, 0.15) is 66.2 Å². The Labute approximate surface area is 118 Å². The number of carbonyl (C=O) groups is 2. The smallest absolute Gasteiger partial charge is 0.384 e. The fourth-order valence-electron chi connectivity index (χ4n) is 1.83. The molecule has 5 heteroatoms. The van der Waals surface area contributed by atoms with E-state index < -0.39 is 8.56 Å². The zero-order valence-electron chi connectivity index (χ0n) is 12.8. The SMILES string of the molecule is CCCCCO[Si](OCCCCC)(C(C)=O)C(C)=O. The normalized spacial score (nSPS) is 11.6. The molecule has 0 N–H and O–H groups in total. The van der Waals surface area contributed by atoms with E-state index in [1.54, 1.807) is 0 Å². The van der Waals surface area contributed by atoms with Gasteiger partial charge in [-0.25, -0.2) is 0 Å². The molecule has 0 rings (SSSR count). The summed E-state index contributed by atoms with van der Waals surface area (Å²) in [5.74, 6) is 0. The third-order valence-corrected chi connectivity index (χ3v) is 6.11. The Kier molecular flexibility index (Phi) is 10.0. The standard InChI is InChI=1S/C14H28O4Si/c1-5-7-9-11-17-19(13(3)15,14(4)16)18-12-10-8-6-2/h5-12H2,1-4H3. The summed E-state index contributed by atoms with van der Waals surface area (Å²) in [5, 5.41) is -0.457. The third-order valence-electron chi connectivity index (χ3n) is 3.03.